The van der Waals surface area contributed by atoms with Crippen LogP contribution >= 0.6 is 0 Å². The van der Waals surface area contributed by atoms with Crippen LogP contribution in [0.3, 0.4) is 0 Å². The summed E-state index contributed by atoms with van der Waals surface area (Å²) in [5, 5.41) is 13.4. The summed E-state index contributed by atoms with van der Waals surface area (Å²) in [6.07, 6.45) is 5.57. The van der Waals surface area contributed by atoms with Crippen LogP contribution in [0.5, 0.6) is 11.5 Å². The molecule has 30 heavy (non-hydrogen) atoms. The van der Waals surface area contributed by atoms with E-state index < -0.39 is 5.97 Å². The standard InChI is InChI=1S/C21H28N4O5/c1-3-28-17-12-14(19-20(24-25-23-19)21(27)29-4-2)10-11-16(17)30-13-18(26)22-15-8-6-5-7-9-15/h10-12,15H,3-9,13H2,1-2H3,(H,22,26)(H,23,24,25). The molecule has 0 unspecified atom stereocenters. The third-order valence-corrected chi connectivity index (χ3v) is 4.86. The number of aromatic amines is 1. The van der Waals surface area contributed by atoms with Crippen molar-refractivity contribution in [3.63, 3.8) is 0 Å². The molecule has 9 nitrogen and oxygen atoms in total. The number of hydrogen-bond donors (Lipinski definition) is 2. The maximum Gasteiger partial charge on any atom is 0.361 e. The van der Waals surface area contributed by atoms with Crippen LogP contribution in [-0.4, -0.2) is 53.1 Å². The molecule has 2 N–H and O–H groups in total. The van der Waals surface area contributed by atoms with Crippen LogP contribution in [0.2, 0.25) is 0 Å². The number of amides is 1. The number of hydrogen-bond acceptors (Lipinski definition) is 7. The summed E-state index contributed by atoms with van der Waals surface area (Å²) in [4.78, 5) is 24.3. The van der Waals surface area contributed by atoms with Gasteiger partial charge in [0.25, 0.3) is 5.91 Å². The molecule has 0 atom stereocenters. The molecule has 0 radical (unpaired) electrons. The Bertz CT molecular complexity index is 861. The number of rotatable bonds is 9. The molecule has 1 heterocycles. The highest BCUT2D eigenvalue weighted by Crippen LogP contribution is 2.33. The van der Waals surface area contributed by atoms with Crippen molar-refractivity contribution in [3.05, 3.63) is 23.9 Å². The summed E-state index contributed by atoms with van der Waals surface area (Å²) in [6.45, 7) is 4.14. The van der Waals surface area contributed by atoms with Crippen LogP contribution in [0, 0.1) is 0 Å². The number of aromatic nitrogens is 3. The predicted octanol–water partition coefficient (Wildman–Crippen LogP) is 2.87. The van der Waals surface area contributed by atoms with E-state index in [1.807, 2.05) is 6.92 Å². The van der Waals surface area contributed by atoms with Crippen molar-refractivity contribution in [1.29, 1.82) is 0 Å². The first-order valence-corrected chi connectivity index (χ1v) is 10.4. The Hall–Kier alpha value is -3.10. The van der Waals surface area contributed by atoms with Gasteiger partial charge in [0.2, 0.25) is 0 Å². The van der Waals surface area contributed by atoms with Gasteiger partial charge >= 0.3 is 5.97 Å². The summed E-state index contributed by atoms with van der Waals surface area (Å²) >= 11 is 0. The van der Waals surface area contributed by atoms with Crippen molar-refractivity contribution in [1.82, 2.24) is 20.7 Å². The maximum atomic E-state index is 12.2. The van der Waals surface area contributed by atoms with E-state index in [1.54, 1.807) is 25.1 Å². The molecule has 1 saturated carbocycles. The largest absolute Gasteiger partial charge is 0.490 e. The number of ether oxygens (including phenoxy) is 3. The van der Waals surface area contributed by atoms with E-state index >= 15 is 0 Å². The summed E-state index contributed by atoms with van der Waals surface area (Å²) in [5.74, 6) is 0.201. The van der Waals surface area contributed by atoms with Gasteiger partial charge in [-0.3, -0.25) is 4.79 Å². The third-order valence-electron chi connectivity index (χ3n) is 4.86. The van der Waals surface area contributed by atoms with E-state index in [0.29, 0.717) is 29.4 Å². The number of carbonyl (C=O) groups excluding carboxylic acids is 2. The summed E-state index contributed by atoms with van der Waals surface area (Å²) in [7, 11) is 0. The maximum absolute atomic E-state index is 12.2. The molecule has 1 aliphatic rings. The Morgan fingerprint density at radius 2 is 1.87 bits per heavy atom. The highest BCUT2D eigenvalue weighted by atomic mass is 16.5. The minimum atomic E-state index is -0.557. The monoisotopic (exact) mass is 416 g/mol. The van der Waals surface area contributed by atoms with Crippen molar-refractivity contribution in [2.75, 3.05) is 19.8 Å². The van der Waals surface area contributed by atoms with Crippen LogP contribution in [0.15, 0.2) is 18.2 Å². The Morgan fingerprint density at radius 1 is 1.07 bits per heavy atom. The van der Waals surface area contributed by atoms with Gasteiger partial charge in [0, 0.05) is 11.6 Å². The van der Waals surface area contributed by atoms with Crippen LogP contribution < -0.4 is 14.8 Å². The third kappa shape index (κ3) is 5.49. The van der Waals surface area contributed by atoms with Crippen LogP contribution in [0.25, 0.3) is 11.3 Å². The molecule has 2 aromatic rings. The Morgan fingerprint density at radius 3 is 2.60 bits per heavy atom. The van der Waals surface area contributed by atoms with E-state index in [0.717, 1.165) is 25.7 Å². The van der Waals surface area contributed by atoms with Crippen LogP contribution in [-0.2, 0) is 9.53 Å². The molecule has 0 saturated heterocycles. The molecule has 1 aliphatic carbocycles. The fourth-order valence-corrected chi connectivity index (χ4v) is 3.48. The molecule has 0 bridgehead atoms. The molecular weight excluding hydrogens is 388 g/mol. The fourth-order valence-electron chi connectivity index (χ4n) is 3.48. The second kappa shape index (κ2) is 10.6. The quantitative estimate of drug-likeness (QED) is 0.604. The summed E-state index contributed by atoms with van der Waals surface area (Å²) in [5.41, 5.74) is 1.07. The lowest BCUT2D eigenvalue weighted by Gasteiger charge is -2.22. The first-order chi connectivity index (χ1) is 14.6. The van der Waals surface area contributed by atoms with Crippen molar-refractivity contribution in [2.24, 2.45) is 0 Å². The first-order valence-electron chi connectivity index (χ1n) is 10.4. The topological polar surface area (TPSA) is 115 Å². The van der Waals surface area contributed by atoms with Gasteiger partial charge in [-0.15, -0.1) is 5.10 Å². The average molecular weight is 416 g/mol. The molecule has 1 amide bonds. The Balaban J connectivity index is 1.70. The molecule has 0 aliphatic heterocycles. The lowest BCUT2D eigenvalue weighted by Crippen LogP contribution is -2.39. The van der Waals surface area contributed by atoms with Crippen molar-refractivity contribution < 1.29 is 23.8 Å². The number of nitrogens with zero attached hydrogens (tertiary/aromatic N) is 2. The molecule has 162 valence electrons. The second-order valence-electron chi connectivity index (χ2n) is 7.03. The van der Waals surface area contributed by atoms with Gasteiger partial charge in [0.05, 0.1) is 13.2 Å². The van der Waals surface area contributed by atoms with Crippen molar-refractivity contribution in [2.45, 2.75) is 52.0 Å². The highest BCUT2D eigenvalue weighted by Gasteiger charge is 2.21. The van der Waals surface area contributed by atoms with Gasteiger partial charge in [0.15, 0.2) is 23.8 Å². The van der Waals surface area contributed by atoms with Crippen LogP contribution in [0.4, 0.5) is 0 Å². The van der Waals surface area contributed by atoms with E-state index in [2.05, 4.69) is 20.7 Å². The molecular formula is C21H28N4O5. The zero-order valence-corrected chi connectivity index (χ0v) is 17.4. The molecule has 1 aromatic carbocycles. The highest BCUT2D eigenvalue weighted by molar-refractivity contribution is 5.94. The van der Waals surface area contributed by atoms with E-state index in [9.17, 15) is 9.59 Å². The van der Waals surface area contributed by atoms with Gasteiger partial charge in [-0.05, 0) is 44.9 Å². The van der Waals surface area contributed by atoms with Gasteiger partial charge in [-0.25, -0.2) is 4.79 Å². The SMILES string of the molecule is CCOC(=O)c1n[nH]nc1-c1ccc(OCC(=O)NC2CCCCC2)c(OCC)c1. The normalized spacial score (nSPS) is 14.2. The molecule has 1 fully saturated rings. The minimum absolute atomic E-state index is 0.0893. The zero-order chi connectivity index (χ0) is 21.3. The Kier molecular flexibility index (Phi) is 7.64. The number of nitrogens with one attached hydrogen (secondary N) is 2. The molecule has 0 spiro atoms. The predicted molar refractivity (Wildman–Crippen MR) is 109 cm³/mol. The lowest BCUT2D eigenvalue weighted by atomic mass is 9.95. The fraction of sp³-hybridized carbons (Fsp3) is 0.524. The summed E-state index contributed by atoms with van der Waals surface area (Å²) < 4.78 is 16.4. The molecule has 9 heteroatoms. The van der Waals surface area contributed by atoms with Crippen molar-refractivity contribution >= 4 is 11.9 Å². The first kappa shape index (κ1) is 21.6. The van der Waals surface area contributed by atoms with E-state index in [-0.39, 0.29) is 30.9 Å². The lowest BCUT2D eigenvalue weighted by molar-refractivity contribution is -0.124. The smallest absolute Gasteiger partial charge is 0.361 e. The van der Waals surface area contributed by atoms with Crippen molar-refractivity contribution in [3.8, 4) is 22.8 Å². The second-order valence-corrected chi connectivity index (χ2v) is 7.03. The van der Waals surface area contributed by atoms with E-state index in [4.69, 9.17) is 14.2 Å². The summed E-state index contributed by atoms with van der Waals surface area (Å²) in [6, 6.07) is 5.37. The Labute approximate surface area is 175 Å². The molecule has 3 rings (SSSR count). The number of esters is 1. The van der Waals surface area contributed by atoms with E-state index in [1.165, 1.54) is 6.42 Å². The number of H-pyrrole nitrogens is 1. The average Bonchev–Trinajstić information content (AvgIpc) is 3.24. The van der Waals surface area contributed by atoms with Gasteiger partial charge in [-0.1, -0.05) is 19.3 Å². The number of benzene rings is 1. The number of carbonyl (C=O) groups is 2. The van der Waals surface area contributed by atoms with Gasteiger partial charge < -0.3 is 19.5 Å². The van der Waals surface area contributed by atoms with Crippen LogP contribution in [0.1, 0.15) is 56.4 Å². The zero-order valence-electron chi connectivity index (χ0n) is 17.4. The van der Waals surface area contributed by atoms with Gasteiger partial charge in [0.1, 0.15) is 5.69 Å². The minimum Gasteiger partial charge on any atom is -0.490 e. The van der Waals surface area contributed by atoms with Gasteiger partial charge in [-0.2, -0.15) is 10.3 Å². The molecule has 1 aromatic heterocycles.